The molecule has 2 aliphatic rings. The minimum atomic E-state index is -0.457. The van der Waals surface area contributed by atoms with E-state index in [0.29, 0.717) is 19.8 Å². The Balaban J connectivity index is 1.66. The van der Waals surface area contributed by atoms with Gasteiger partial charge in [-0.25, -0.2) is 0 Å². The number of piperidine rings is 1. The molecular formula is C17H25NO3. The molecule has 1 unspecified atom stereocenters. The lowest BCUT2D eigenvalue weighted by atomic mass is 9.99. The molecule has 0 amide bonds. The lowest BCUT2D eigenvalue weighted by molar-refractivity contribution is -0.191. The molecule has 2 saturated heterocycles. The van der Waals surface area contributed by atoms with Crippen molar-refractivity contribution >= 4 is 0 Å². The third kappa shape index (κ3) is 3.29. The van der Waals surface area contributed by atoms with Gasteiger partial charge in [-0.3, -0.25) is 4.90 Å². The first-order valence-corrected chi connectivity index (χ1v) is 7.83. The molecule has 2 aliphatic heterocycles. The molecule has 1 spiro atoms. The summed E-state index contributed by atoms with van der Waals surface area (Å²) in [7, 11) is 0. The Hall–Kier alpha value is -0.940. The topological polar surface area (TPSA) is 41.9 Å². The van der Waals surface area contributed by atoms with Gasteiger partial charge in [-0.15, -0.1) is 0 Å². The van der Waals surface area contributed by atoms with Crippen LogP contribution in [0.4, 0.5) is 0 Å². The van der Waals surface area contributed by atoms with Crippen molar-refractivity contribution in [2.45, 2.75) is 38.6 Å². The lowest BCUT2D eigenvalue weighted by Gasteiger charge is -2.39. The van der Waals surface area contributed by atoms with Gasteiger partial charge in [-0.1, -0.05) is 23.8 Å². The third-order valence-corrected chi connectivity index (χ3v) is 4.53. The Morgan fingerprint density at radius 3 is 2.81 bits per heavy atom. The zero-order valence-electron chi connectivity index (χ0n) is 13.0. The second-order valence-electron chi connectivity index (χ2n) is 6.32. The predicted molar refractivity (Wildman–Crippen MR) is 81.2 cm³/mol. The Kier molecular flexibility index (Phi) is 4.31. The van der Waals surface area contributed by atoms with Crippen LogP contribution in [0.1, 0.15) is 35.6 Å². The average Bonchev–Trinajstić information content (AvgIpc) is 2.89. The fourth-order valence-corrected chi connectivity index (χ4v) is 3.42. The van der Waals surface area contributed by atoms with Crippen LogP contribution in [0, 0.1) is 13.8 Å². The van der Waals surface area contributed by atoms with Gasteiger partial charge in [-0.05, 0) is 37.9 Å². The first kappa shape index (κ1) is 15.0. The summed E-state index contributed by atoms with van der Waals surface area (Å²) in [6.45, 7) is 7.88. The molecule has 1 N–H and O–H groups in total. The van der Waals surface area contributed by atoms with Crippen LogP contribution in [0.2, 0.25) is 0 Å². The number of hydrogen-bond acceptors (Lipinski definition) is 4. The highest BCUT2D eigenvalue weighted by Gasteiger charge is 2.41. The number of aliphatic hydroxyl groups is 1. The Labute approximate surface area is 126 Å². The highest BCUT2D eigenvalue weighted by Crippen LogP contribution is 2.31. The van der Waals surface area contributed by atoms with Crippen molar-refractivity contribution in [3.05, 3.63) is 34.9 Å². The molecule has 1 aromatic rings. The number of nitrogens with zero attached hydrogens (tertiary/aromatic N) is 1. The first-order chi connectivity index (χ1) is 10.1. The van der Waals surface area contributed by atoms with Crippen molar-refractivity contribution in [1.82, 2.24) is 4.90 Å². The maximum atomic E-state index is 10.6. The molecule has 0 bridgehead atoms. The summed E-state index contributed by atoms with van der Waals surface area (Å²) >= 11 is 0. The number of aryl methyl sites for hydroxylation is 2. The monoisotopic (exact) mass is 291 g/mol. The van der Waals surface area contributed by atoms with E-state index in [1.54, 1.807) is 0 Å². The van der Waals surface area contributed by atoms with E-state index in [4.69, 9.17) is 9.47 Å². The number of rotatable bonds is 3. The highest BCUT2D eigenvalue weighted by atomic mass is 16.7. The molecule has 1 atom stereocenters. The van der Waals surface area contributed by atoms with Crippen molar-refractivity contribution in [2.75, 3.05) is 32.8 Å². The van der Waals surface area contributed by atoms with Crippen LogP contribution in [0.5, 0.6) is 0 Å². The van der Waals surface area contributed by atoms with Gasteiger partial charge in [0.1, 0.15) is 0 Å². The second kappa shape index (κ2) is 6.05. The number of β-amino-alcohol motifs (C(OH)–C–C–N with tert-alkyl or cyclic N) is 1. The van der Waals surface area contributed by atoms with Gasteiger partial charge in [0, 0.05) is 13.0 Å². The van der Waals surface area contributed by atoms with Crippen LogP contribution >= 0.6 is 0 Å². The molecular weight excluding hydrogens is 266 g/mol. The SMILES string of the molecule is Cc1ccc(C)c(C(O)CN2CCCC3(C2)OCCO3)c1. The van der Waals surface area contributed by atoms with Gasteiger partial charge in [-0.2, -0.15) is 0 Å². The van der Waals surface area contributed by atoms with Crippen LogP contribution in [-0.2, 0) is 9.47 Å². The van der Waals surface area contributed by atoms with Crippen LogP contribution in [-0.4, -0.2) is 48.6 Å². The second-order valence-corrected chi connectivity index (χ2v) is 6.32. The van der Waals surface area contributed by atoms with Crippen molar-refractivity contribution in [3.8, 4) is 0 Å². The molecule has 4 nitrogen and oxygen atoms in total. The van der Waals surface area contributed by atoms with Gasteiger partial charge >= 0.3 is 0 Å². The minimum absolute atomic E-state index is 0.417. The fraction of sp³-hybridized carbons (Fsp3) is 0.647. The van der Waals surface area contributed by atoms with E-state index in [-0.39, 0.29) is 0 Å². The van der Waals surface area contributed by atoms with E-state index < -0.39 is 11.9 Å². The lowest BCUT2D eigenvalue weighted by Crippen LogP contribution is -2.49. The predicted octanol–water partition coefficient (Wildman–Crippen LogP) is 2.18. The number of benzene rings is 1. The molecule has 21 heavy (non-hydrogen) atoms. The molecule has 0 aromatic heterocycles. The van der Waals surface area contributed by atoms with Crippen LogP contribution in [0.25, 0.3) is 0 Å². The van der Waals surface area contributed by atoms with Gasteiger partial charge in [0.2, 0.25) is 0 Å². The molecule has 4 heteroatoms. The average molecular weight is 291 g/mol. The quantitative estimate of drug-likeness (QED) is 0.927. The summed E-state index contributed by atoms with van der Waals surface area (Å²) < 4.78 is 11.6. The summed E-state index contributed by atoms with van der Waals surface area (Å²) in [6.07, 6.45) is 1.56. The van der Waals surface area contributed by atoms with E-state index in [0.717, 1.165) is 37.1 Å². The van der Waals surface area contributed by atoms with Crippen LogP contribution < -0.4 is 0 Å². The number of ether oxygens (including phenoxy) is 2. The van der Waals surface area contributed by atoms with Crippen LogP contribution in [0.3, 0.4) is 0 Å². The van der Waals surface area contributed by atoms with E-state index in [2.05, 4.69) is 36.9 Å². The number of hydrogen-bond donors (Lipinski definition) is 1. The van der Waals surface area contributed by atoms with Crippen LogP contribution in [0.15, 0.2) is 18.2 Å². The van der Waals surface area contributed by atoms with Crippen molar-refractivity contribution in [3.63, 3.8) is 0 Å². The molecule has 2 fully saturated rings. The largest absolute Gasteiger partial charge is 0.387 e. The van der Waals surface area contributed by atoms with Crippen molar-refractivity contribution in [1.29, 1.82) is 0 Å². The Bertz CT molecular complexity index is 497. The zero-order valence-corrected chi connectivity index (χ0v) is 13.0. The zero-order chi connectivity index (χ0) is 14.9. The molecule has 1 aromatic carbocycles. The Morgan fingerprint density at radius 2 is 2.05 bits per heavy atom. The van der Waals surface area contributed by atoms with Gasteiger partial charge in [0.25, 0.3) is 0 Å². The van der Waals surface area contributed by atoms with Gasteiger partial charge < -0.3 is 14.6 Å². The summed E-state index contributed by atoms with van der Waals surface area (Å²) in [6, 6.07) is 6.25. The smallest absolute Gasteiger partial charge is 0.181 e. The first-order valence-electron chi connectivity index (χ1n) is 7.83. The summed E-state index contributed by atoms with van der Waals surface area (Å²) in [5.41, 5.74) is 3.36. The maximum Gasteiger partial charge on any atom is 0.181 e. The molecule has 2 heterocycles. The molecule has 0 aliphatic carbocycles. The van der Waals surface area contributed by atoms with Gasteiger partial charge in [0.15, 0.2) is 5.79 Å². The highest BCUT2D eigenvalue weighted by molar-refractivity contribution is 5.32. The Morgan fingerprint density at radius 1 is 1.29 bits per heavy atom. The van der Waals surface area contributed by atoms with Crippen molar-refractivity contribution < 1.29 is 14.6 Å². The maximum absolute atomic E-state index is 10.6. The van der Waals surface area contributed by atoms with E-state index in [9.17, 15) is 5.11 Å². The van der Waals surface area contributed by atoms with Crippen molar-refractivity contribution in [2.24, 2.45) is 0 Å². The molecule has 0 saturated carbocycles. The van der Waals surface area contributed by atoms with E-state index in [1.807, 2.05) is 0 Å². The minimum Gasteiger partial charge on any atom is -0.387 e. The standard InChI is InChI=1S/C17H25NO3/c1-13-4-5-14(2)15(10-13)16(19)11-18-7-3-6-17(12-18)20-8-9-21-17/h4-5,10,16,19H,3,6-9,11-12H2,1-2H3. The molecule has 3 rings (SSSR count). The molecule has 116 valence electrons. The van der Waals surface area contributed by atoms with E-state index >= 15 is 0 Å². The number of aliphatic hydroxyl groups excluding tert-OH is 1. The van der Waals surface area contributed by atoms with Gasteiger partial charge in [0.05, 0.1) is 25.9 Å². The van der Waals surface area contributed by atoms with E-state index in [1.165, 1.54) is 5.56 Å². The summed E-state index contributed by atoms with van der Waals surface area (Å²) in [5, 5.41) is 10.6. The third-order valence-electron chi connectivity index (χ3n) is 4.53. The number of likely N-dealkylation sites (tertiary alicyclic amines) is 1. The summed E-state index contributed by atoms with van der Waals surface area (Å²) in [4.78, 5) is 2.27. The molecule has 0 radical (unpaired) electrons. The fourth-order valence-electron chi connectivity index (χ4n) is 3.42. The summed E-state index contributed by atoms with van der Waals surface area (Å²) in [5.74, 6) is -0.417. The normalized spacial score (nSPS) is 23.6.